The van der Waals surface area contributed by atoms with Gasteiger partial charge in [0, 0.05) is 21.0 Å². The number of benzene rings is 2. The second-order valence-electron chi connectivity index (χ2n) is 5.26. The molecule has 0 saturated heterocycles. The highest BCUT2D eigenvalue weighted by atomic mass is 35.5. The number of ketones is 1. The summed E-state index contributed by atoms with van der Waals surface area (Å²) < 4.78 is 5.83. The maximum absolute atomic E-state index is 12.4. The van der Waals surface area contributed by atoms with Gasteiger partial charge in [-0.1, -0.05) is 47.1 Å². The van der Waals surface area contributed by atoms with E-state index in [4.69, 9.17) is 27.6 Å². The molecule has 24 heavy (non-hydrogen) atoms. The highest BCUT2D eigenvalue weighted by Crippen LogP contribution is 2.41. The summed E-state index contributed by atoms with van der Waals surface area (Å²) in [6.07, 6.45) is 1.76. The fraction of sp³-hybridized carbons (Fsp3) is 0. The van der Waals surface area contributed by atoms with Gasteiger partial charge in [0.25, 0.3) is 0 Å². The average molecular weight is 373 g/mol. The average Bonchev–Trinajstić information content (AvgIpc) is 3.14. The first-order valence-electron chi connectivity index (χ1n) is 7.20. The molecule has 1 aliphatic heterocycles. The third-order valence-electron chi connectivity index (χ3n) is 3.67. The molecule has 1 aromatic heterocycles. The van der Waals surface area contributed by atoms with E-state index in [2.05, 4.69) is 0 Å². The summed E-state index contributed by atoms with van der Waals surface area (Å²) in [7, 11) is 0. The van der Waals surface area contributed by atoms with E-state index in [1.807, 2.05) is 42.5 Å². The van der Waals surface area contributed by atoms with Crippen molar-refractivity contribution in [3.05, 3.63) is 80.9 Å². The molecule has 2 heterocycles. The van der Waals surface area contributed by atoms with Crippen molar-refractivity contribution >= 4 is 46.8 Å². The second-order valence-corrected chi connectivity index (χ2v) is 7.19. The van der Waals surface area contributed by atoms with E-state index in [9.17, 15) is 4.79 Å². The summed E-state index contributed by atoms with van der Waals surface area (Å²) in [5.74, 6) is 1.27. The van der Waals surface area contributed by atoms with Crippen LogP contribution in [0.5, 0.6) is 0 Å². The Morgan fingerprint density at radius 1 is 0.958 bits per heavy atom. The maximum Gasteiger partial charge on any atom is 0.200 e. The number of carbonyl (C=O) groups excluding carboxylic acids is 1. The zero-order valence-electron chi connectivity index (χ0n) is 12.3. The molecule has 0 spiro atoms. The van der Waals surface area contributed by atoms with Crippen molar-refractivity contribution in [1.29, 1.82) is 0 Å². The Balaban J connectivity index is 1.66. The predicted molar refractivity (Wildman–Crippen MR) is 98.8 cm³/mol. The molecule has 0 bridgehead atoms. The van der Waals surface area contributed by atoms with Crippen LogP contribution in [-0.2, 0) is 0 Å². The third-order valence-corrected chi connectivity index (χ3v) is 5.32. The van der Waals surface area contributed by atoms with Gasteiger partial charge < -0.3 is 4.42 Å². The molecule has 0 aliphatic carbocycles. The molecule has 118 valence electrons. The maximum atomic E-state index is 12.4. The van der Waals surface area contributed by atoms with Crippen molar-refractivity contribution in [3.8, 4) is 11.3 Å². The first-order chi connectivity index (χ1) is 11.6. The smallest absolute Gasteiger partial charge is 0.200 e. The molecule has 1 aliphatic rings. The Labute approximate surface area is 153 Å². The molecule has 0 N–H and O–H groups in total. The molecule has 0 atom stereocenters. The minimum atomic E-state index is 0.0260. The van der Waals surface area contributed by atoms with Gasteiger partial charge in [0.2, 0.25) is 5.78 Å². The van der Waals surface area contributed by atoms with Crippen LogP contribution in [0.4, 0.5) is 0 Å². The summed E-state index contributed by atoms with van der Waals surface area (Å²) in [6.45, 7) is 0. The van der Waals surface area contributed by atoms with E-state index >= 15 is 0 Å². The van der Waals surface area contributed by atoms with Crippen molar-refractivity contribution in [3.63, 3.8) is 0 Å². The summed E-state index contributed by atoms with van der Waals surface area (Å²) >= 11 is 13.6. The van der Waals surface area contributed by atoms with Gasteiger partial charge in [-0.05, 0) is 48.5 Å². The lowest BCUT2D eigenvalue weighted by molar-refractivity contribution is 0.104. The molecule has 4 rings (SSSR count). The molecule has 0 saturated carbocycles. The fourth-order valence-electron chi connectivity index (χ4n) is 2.53. The number of hydrogen-bond acceptors (Lipinski definition) is 3. The molecular formula is C19H10Cl2O2S. The molecule has 0 amide bonds. The predicted octanol–water partition coefficient (Wildman–Crippen LogP) is 6.58. The number of allylic oxidation sites excluding steroid dienone is 1. The van der Waals surface area contributed by atoms with Crippen LogP contribution < -0.4 is 0 Å². The molecule has 2 nitrogen and oxygen atoms in total. The summed E-state index contributed by atoms with van der Waals surface area (Å²) in [6, 6.07) is 16.5. The van der Waals surface area contributed by atoms with Crippen molar-refractivity contribution in [1.82, 2.24) is 0 Å². The van der Waals surface area contributed by atoms with Crippen molar-refractivity contribution in [2.75, 3.05) is 0 Å². The highest BCUT2D eigenvalue weighted by Gasteiger charge is 2.25. The SMILES string of the molecule is O=C1/C(=C/c2ccc(-c3ccc(Cl)cc3Cl)o2)Sc2ccccc21. The molecule has 0 unspecified atom stereocenters. The van der Waals surface area contributed by atoms with E-state index in [1.165, 1.54) is 11.8 Å². The molecule has 0 fully saturated rings. The van der Waals surface area contributed by atoms with E-state index < -0.39 is 0 Å². The number of hydrogen-bond donors (Lipinski definition) is 0. The lowest BCUT2D eigenvalue weighted by Gasteiger charge is -2.01. The molecule has 5 heteroatoms. The lowest BCUT2D eigenvalue weighted by atomic mass is 10.1. The molecule has 2 aromatic carbocycles. The van der Waals surface area contributed by atoms with Gasteiger partial charge in [0.05, 0.1) is 9.93 Å². The van der Waals surface area contributed by atoms with Gasteiger partial charge in [-0.2, -0.15) is 0 Å². The van der Waals surface area contributed by atoms with Crippen LogP contribution in [0.15, 0.2) is 68.8 Å². The number of furan rings is 1. The monoisotopic (exact) mass is 372 g/mol. The fourth-order valence-corrected chi connectivity index (χ4v) is 4.06. The van der Waals surface area contributed by atoms with Crippen LogP contribution in [0.3, 0.4) is 0 Å². The third kappa shape index (κ3) is 2.80. The first kappa shape index (κ1) is 15.6. The number of fused-ring (bicyclic) bond motifs is 1. The molecule has 3 aromatic rings. The van der Waals surface area contributed by atoms with Crippen LogP contribution >= 0.6 is 35.0 Å². The number of carbonyl (C=O) groups is 1. The Morgan fingerprint density at radius 2 is 1.79 bits per heavy atom. The largest absolute Gasteiger partial charge is 0.457 e. The van der Waals surface area contributed by atoms with Gasteiger partial charge >= 0.3 is 0 Å². The number of halogens is 2. The standard InChI is InChI=1S/C19H10Cl2O2S/c20-11-5-7-13(15(21)9-11)16-8-6-12(23-16)10-18-19(22)14-3-1-2-4-17(14)24-18/h1-10H/b18-10-. The zero-order chi connectivity index (χ0) is 16.7. The van der Waals surface area contributed by atoms with Crippen LogP contribution in [0.25, 0.3) is 17.4 Å². The van der Waals surface area contributed by atoms with Gasteiger partial charge in [-0.25, -0.2) is 0 Å². The minimum absolute atomic E-state index is 0.0260. The van der Waals surface area contributed by atoms with Crippen LogP contribution in [0.1, 0.15) is 16.1 Å². The van der Waals surface area contributed by atoms with Crippen molar-refractivity contribution < 1.29 is 9.21 Å². The molecule has 0 radical (unpaired) electrons. The second kappa shape index (κ2) is 6.17. The summed E-state index contributed by atoms with van der Waals surface area (Å²) in [5.41, 5.74) is 1.50. The lowest BCUT2D eigenvalue weighted by Crippen LogP contribution is -1.93. The number of thioether (sulfide) groups is 1. The van der Waals surface area contributed by atoms with E-state index in [0.717, 1.165) is 16.0 Å². The Hall–Kier alpha value is -1.94. The van der Waals surface area contributed by atoms with E-state index in [1.54, 1.807) is 18.2 Å². The van der Waals surface area contributed by atoms with Gasteiger partial charge in [0.1, 0.15) is 11.5 Å². The Bertz CT molecular complexity index is 989. The van der Waals surface area contributed by atoms with Crippen LogP contribution in [-0.4, -0.2) is 5.78 Å². The topological polar surface area (TPSA) is 30.2 Å². The minimum Gasteiger partial charge on any atom is -0.457 e. The van der Waals surface area contributed by atoms with E-state index in [0.29, 0.717) is 26.5 Å². The van der Waals surface area contributed by atoms with Crippen LogP contribution in [0, 0.1) is 0 Å². The van der Waals surface area contributed by atoms with Crippen LogP contribution in [0.2, 0.25) is 10.0 Å². The Morgan fingerprint density at radius 3 is 2.58 bits per heavy atom. The summed E-state index contributed by atoms with van der Waals surface area (Å²) in [5, 5.41) is 1.10. The van der Waals surface area contributed by atoms with Crippen molar-refractivity contribution in [2.24, 2.45) is 0 Å². The quantitative estimate of drug-likeness (QED) is 0.475. The van der Waals surface area contributed by atoms with E-state index in [-0.39, 0.29) is 5.78 Å². The number of rotatable bonds is 2. The highest BCUT2D eigenvalue weighted by molar-refractivity contribution is 8.04. The first-order valence-corrected chi connectivity index (χ1v) is 8.77. The number of Topliss-reactive ketones (excluding diaryl/α,β-unsaturated/α-hetero) is 1. The van der Waals surface area contributed by atoms with Gasteiger partial charge in [0.15, 0.2) is 0 Å². The zero-order valence-corrected chi connectivity index (χ0v) is 14.6. The Kier molecular flexibility index (Phi) is 4.01. The molecular weight excluding hydrogens is 363 g/mol. The van der Waals surface area contributed by atoms with Crippen molar-refractivity contribution in [2.45, 2.75) is 4.90 Å². The van der Waals surface area contributed by atoms with Gasteiger partial charge in [-0.3, -0.25) is 4.79 Å². The van der Waals surface area contributed by atoms with Gasteiger partial charge in [-0.15, -0.1) is 0 Å². The summed E-state index contributed by atoms with van der Waals surface area (Å²) in [4.78, 5) is 14.0. The normalized spacial score (nSPS) is 15.1.